The van der Waals surface area contributed by atoms with Crippen LogP contribution in [0.5, 0.6) is 0 Å². The van der Waals surface area contributed by atoms with Crippen LogP contribution in [0.1, 0.15) is 10.5 Å². The molecule has 0 radical (unpaired) electrons. The lowest BCUT2D eigenvalue weighted by Crippen LogP contribution is -2.02. The van der Waals surface area contributed by atoms with Crippen molar-refractivity contribution in [1.82, 2.24) is 4.98 Å². The van der Waals surface area contributed by atoms with Crippen LogP contribution in [0.3, 0.4) is 0 Å². The summed E-state index contributed by atoms with van der Waals surface area (Å²) in [6.07, 6.45) is 0. The number of methoxy groups -OCH3 is 1. The number of fused-ring (bicyclic) bond motifs is 1. The van der Waals surface area contributed by atoms with E-state index in [4.69, 9.17) is 4.74 Å². The highest BCUT2D eigenvalue weighted by Crippen LogP contribution is 2.40. The molecule has 3 rings (SSSR count). The summed E-state index contributed by atoms with van der Waals surface area (Å²) in [5, 5.41) is 3.19. The zero-order valence-electron chi connectivity index (χ0n) is 9.84. The fourth-order valence-corrected chi connectivity index (χ4v) is 4.36. The quantitative estimate of drug-likeness (QED) is 0.633. The van der Waals surface area contributed by atoms with Gasteiger partial charge in [0, 0.05) is 21.0 Å². The normalized spacial score (nSPS) is 10.8. The number of hydrogen-bond donors (Lipinski definition) is 0. The summed E-state index contributed by atoms with van der Waals surface area (Å²) in [7, 11) is 1.37. The molecule has 6 heteroatoms. The number of aromatic nitrogens is 1. The van der Waals surface area contributed by atoms with Crippen LogP contribution in [0.25, 0.3) is 20.5 Å². The summed E-state index contributed by atoms with van der Waals surface area (Å²) in [6.45, 7) is 0. The molecule has 0 saturated heterocycles. The third kappa shape index (κ3) is 2.20. The molecule has 2 aromatic heterocycles. The van der Waals surface area contributed by atoms with E-state index in [1.54, 1.807) is 11.3 Å². The predicted octanol–water partition coefficient (Wildman–Crippen LogP) is 4.57. The first kappa shape index (κ1) is 12.8. The van der Waals surface area contributed by atoms with E-state index in [0.29, 0.717) is 9.61 Å². The molecule has 0 aliphatic rings. The number of benzene rings is 1. The van der Waals surface area contributed by atoms with Crippen LogP contribution in [0.4, 0.5) is 0 Å². The van der Waals surface area contributed by atoms with Gasteiger partial charge in [-0.2, -0.15) is 0 Å². The molecular weight excluding hydrogens is 346 g/mol. The summed E-state index contributed by atoms with van der Waals surface area (Å²) in [4.78, 5) is 16.8. The third-order valence-corrected chi connectivity index (χ3v) is 5.21. The van der Waals surface area contributed by atoms with Crippen molar-refractivity contribution < 1.29 is 9.53 Å². The number of ether oxygens (including phenoxy) is 1. The lowest BCUT2D eigenvalue weighted by atomic mass is 10.1. The predicted molar refractivity (Wildman–Crippen MR) is 82.0 cm³/mol. The lowest BCUT2D eigenvalue weighted by molar-refractivity contribution is 0.0595. The van der Waals surface area contributed by atoms with Crippen LogP contribution in [-0.4, -0.2) is 18.1 Å². The smallest absolute Gasteiger partial charge is 0.358 e. The number of esters is 1. The van der Waals surface area contributed by atoms with Gasteiger partial charge in [-0.3, -0.25) is 0 Å². The number of halogens is 1. The van der Waals surface area contributed by atoms with Gasteiger partial charge in [-0.1, -0.05) is 18.2 Å². The van der Waals surface area contributed by atoms with Gasteiger partial charge in [0.05, 0.1) is 12.0 Å². The maximum Gasteiger partial charge on any atom is 0.358 e. The largest absolute Gasteiger partial charge is 0.464 e. The topological polar surface area (TPSA) is 39.2 Å². The molecule has 0 amide bonds. The third-order valence-electron chi connectivity index (χ3n) is 2.71. The molecule has 0 unspecified atom stereocenters. The van der Waals surface area contributed by atoms with Gasteiger partial charge in [0.2, 0.25) is 0 Å². The molecule has 0 aliphatic heterocycles. The number of thiophene rings is 1. The highest BCUT2D eigenvalue weighted by molar-refractivity contribution is 9.11. The molecule has 0 aliphatic carbocycles. The van der Waals surface area contributed by atoms with Crippen molar-refractivity contribution in [1.29, 1.82) is 0 Å². The molecule has 19 heavy (non-hydrogen) atoms. The summed E-state index contributed by atoms with van der Waals surface area (Å²) in [5.74, 6) is -0.410. The van der Waals surface area contributed by atoms with Crippen molar-refractivity contribution in [3.8, 4) is 10.4 Å². The zero-order chi connectivity index (χ0) is 13.4. The SMILES string of the molecule is COC(=O)c1nc(Br)sc1-c1csc2ccccc12. The lowest BCUT2D eigenvalue weighted by Gasteiger charge is -1.99. The number of carbonyl (C=O) groups excluding carboxylic acids is 1. The van der Waals surface area contributed by atoms with Gasteiger partial charge in [-0.15, -0.1) is 22.7 Å². The first-order valence-corrected chi connectivity index (χ1v) is 7.91. The molecule has 0 atom stereocenters. The molecule has 0 fully saturated rings. The van der Waals surface area contributed by atoms with E-state index >= 15 is 0 Å². The summed E-state index contributed by atoms with van der Waals surface area (Å²) < 4.78 is 6.66. The minimum atomic E-state index is -0.410. The number of carbonyl (C=O) groups is 1. The van der Waals surface area contributed by atoms with E-state index in [0.717, 1.165) is 15.8 Å². The Kier molecular flexibility index (Phi) is 3.38. The monoisotopic (exact) mass is 353 g/mol. The fraction of sp³-hybridized carbons (Fsp3) is 0.0769. The number of thiazole rings is 1. The molecule has 3 nitrogen and oxygen atoms in total. The molecule has 1 aromatic carbocycles. The van der Waals surface area contributed by atoms with Crippen LogP contribution < -0.4 is 0 Å². The maximum atomic E-state index is 11.8. The van der Waals surface area contributed by atoms with E-state index in [1.165, 1.54) is 23.1 Å². The van der Waals surface area contributed by atoms with Gasteiger partial charge in [-0.05, 0) is 22.0 Å². The number of rotatable bonds is 2. The van der Waals surface area contributed by atoms with Crippen molar-refractivity contribution >= 4 is 54.7 Å². The Balaban J connectivity index is 2.24. The van der Waals surface area contributed by atoms with Crippen LogP contribution in [-0.2, 0) is 4.74 Å². The van der Waals surface area contributed by atoms with E-state index < -0.39 is 5.97 Å². The van der Waals surface area contributed by atoms with Gasteiger partial charge < -0.3 is 4.74 Å². The van der Waals surface area contributed by atoms with Crippen LogP contribution in [0.15, 0.2) is 33.6 Å². The Bertz CT molecular complexity index is 763. The summed E-state index contributed by atoms with van der Waals surface area (Å²) >= 11 is 6.43. The molecular formula is C13H8BrNO2S2. The molecule has 2 heterocycles. The minimum absolute atomic E-state index is 0.364. The van der Waals surface area contributed by atoms with Crippen LogP contribution >= 0.6 is 38.6 Å². The van der Waals surface area contributed by atoms with E-state index in [9.17, 15) is 4.79 Å². The van der Waals surface area contributed by atoms with Crippen LogP contribution in [0, 0.1) is 0 Å². The van der Waals surface area contributed by atoms with Crippen molar-refractivity contribution in [3.63, 3.8) is 0 Å². The molecule has 3 aromatic rings. The Hall–Kier alpha value is -1.24. The second-order valence-corrected chi connectivity index (χ2v) is 6.97. The van der Waals surface area contributed by atoms with Crippen molar-refractivity contribution in [2.24, 2.45) is 0 Å². The Morgan fingerprint density at radius 1 is 1.37 bits per heavy atom. The Morgan fingerprint density at radius 3 is 2.95 bits per heavy atom. The number of nitrogens with zero attached hydrogens (tertiary/aromatic N) is 1. The van der Waals surface area contributed by atoms with E-state index in [-0.39, 0.29) is 0 Å². The van der Waals surface area contributed by atoms with Crippen molar-refractivity contribution in [2.45, 2.75) is 0 Å². The standard InChI is InChI=1S/C13H8BrNO2S2/c1-17-12(16)10-11(19-13(14)15-10)8-6-18-9-5-3-2-4-7(8)9/h2-6H,1H3. The van der Waals surface area contributed by atoms with Gasteiger partial charge >= 0.3 is 5.97 Å². The van der Waals surface area contributed by atoms with Gasteiger partial charge in [0.1, 0.15) is 0 Å². The number of hydrogen-bond acceptors (Lipinski definition) is 5. The first-order chi connectivity index (χ1) is 9.20. The average Bonchev–Trinajstić information content (AvgIpc) is 3.01. The zero-order valence-corrected chi connectivity index (χ0v) is 13.1. The molecule has 0 saturated carbocycles. The van der Waals surface area contributed by atoms with Gasteiger partial charge in [0.25, 0.3) is 0 Å². The van der Waals surface area contributed by atoms with Gasteiger partial charge in [0.15, 0.2) is 9.61 Å². The van der Waals surface area contributed by atoms with E-state index in [2.05, 4.69) is 38.4 Å². The van der Waals surface area contributed by atoms with Crippen molar-refractivity contribution in [3.05, 3.63) is 39.3 Å². The minimum Gasteiger partial charge on any atom is -0.464 e. The van der Waals surface area contributed by atoms with Crippen molar-refractivity contribution in [2.75, 3.05) is 7.11 Å². The second-order valence-electron chi connectivity index (χ2n) is 3.78. The Labute approximate surface area is 126 Å². The molecule has 0 N–H and O–H groups in total. The highest BCUT2D eigenvalue weighted by Gasteiger charge is 2.21. The Morgan fingerprint density at radius 2 is 2.16 bits per heavy atom. The molecule has 96 valence electrons. The molecule has 0 bridgehead atoms. The highest BCUT2D eigenvalue weighted by atomic mass is 79.9. The summed E-state index contributed by atoms with van der Waals surface area (Å²) in [5.41, 5.74) is 1.40. The fourth-order valence-electron chi connectivity index (χ4n) is 1.87. The van der Waals surface area contributed by atoms with E-state index in [1.807, 2.05) is 12.1 Å². The maximum absolute atomic E-state index is 11.8. The van der Waals surface area contributed by atoms with Gasteiger partial charge in [-0.25, -0.2) is 9.78 Å². The second kappa shape index (κ2) is 5.03. The summed E-state index contributed by atoms with van der Waals surface area (Å²) in [6, 6.07) is 8.12. The average molecular weight is 354 g/mol. The first-order valence-electron chi connectivity index (χ1n) is 5.42. The molecule has 0 spiro atoms. The van der Waals surface area contributed by atoms with Crippen LogP contribution in [0.2, 0.25) is 0 Å².